The Balaban J connectivity index is 1.35. The molecule has 3 aliphatic rings. The molecule has 2 aliphatic heterocycles. The highest BCUT2D eigenvalue weighted by atomic mass is 16.7. The maximum absolute atomic E-state index is 12.9. The molecule has 1 saturated carbocycles. The van der Waals surface area contributed by atoms with Crippen LogP contribution in [0.15, 0.2) is 18.2 Å². The average Bonchev–Trinajstić information content (AvgIpc) is 3.23. The van der Waals surface area contributed by atoms with Crippen LogP contribution in [0.2, 0.25) is 0 Å². The van der Waals surface area contributed by atoms with Gasteiger partial charge in [-0.3, -0.25) is 19.8 Å². The second kappa shape index (κ2) is 7.26. The van der Waals surface area contributed by atoms with Crippen LogP contribution in [0.4, 0.5) is 15.3 Å². The number of carbonyl (C=O) groups excluding carboxylic acids is 4. The van der Waals surface area contributed by atoms with Crippen molar-refractivity contribution in [3.05, 3.63) is 18.2 Å². The summed E-state index contributed by atoms with van der Waals surface area (Å²) in [6.45, 7) is 1.52. The van der Waals surface area contributed by atoms with E-state index in [-0.39, 0.29) is 12.7 Å². The van der Waals surface area contributed by atoms with Gasteiger partial charge in [-0.2, -0.15) is 0 Å². The molecule has 2 heterocycles. The van der Waals surface area contributed by atoms with Gasteiger partial charge in [0.2, 0.25) is 12.7 Å². The molecule has 10 nitrogen and oxygen atoms in total. The fraction of sp³-hybridized carbons (Fsp3) is 0.474. The van der Waals surface area contributed by atoms with Gasteiger partial charge < -0.3 is 20.1 Å². The number of hydrogen-bond acceptors (Lipinski definition) is 6. The van der Waals surface area contributed by atoms with Crippen molar-refractivity contribution in [1.82, 2.24) is 15.5 Å². The Labute approximate surface area is 166 Å². The van der Waals surface area contributed by atoms with E-state index in [4.69, 9.17) is 9.47 Å². The van der Waals surface area contributed by atoms with Crippen molar-refractivity contribution < 1.29 is 28.7 Å². The number of benzene rings is 1. The summed E-state index contributed by atoms with van der Waals surface area (Å²) >= 11 is 0. The maximum atomic E-state index is 12.9. The number of anilines is 1. The summed E-state index contributed by atoms with van der Waals surface area (Å²) < 4.78 is 10.4. The third kappa shape index (κ3) is 3.45. The normalized spacial score (nSPS) is 25.1. The number of nitrogens with zero attached hydrogens (tertiary/aromatic N) is 1. The molecule has 29 heavy (non-hydrogen) atoms. The van der Waals surface area contributed by atoms with Crippen molar-refractivity contribution in [3.8, 4) is 11.5 Å². The Bertz CT molecular complexity index is 887. The molecule has 1 aromatic carbocycles. The number of nitrogens with one attached hydrogen (secondary N) is 3. The average molecular weight is 402 g/mol. The lowest BCUT2D eigenvalue weighted by Gasteiger charge is -2.36. The zero-order valence-electron chi connectivity index (χ0n) is 15.9. The summed E-state index contributed by atoms with van der Waals surface area (Å²) in [6.07, 6.45) is 3.24. The molecule has 1 aliphatic carbocycles. The highest BCUT2D eigenvalue weighted by Gasteiger charge is 2.55. The monoisotopic (exact) mass is 402 g/mol. The van der Waals surface area contributed by atoms with E-state index in [1.807, 2.05) is 6.92 Å². The van der Waals surface area contributed by atoms with Crippen LogP contribution in [0, 0.1) is 5.92 Å². The summed E-state index contributed by atoms with van der Waals surface area (Å²) in [4.78, 5) is 50.4. The summed E-state index contributed by atoms with van der Waals surface area (Å²) in [5.41, 5.74) is -0.533. The molecule has 4 rings (SSSR count). The largest absolute Gasteiger partial charge is 0.454 e. The quantitative estimate of drug-likeness (QED) is 0.659. The number of hydrogen-bond donors (Lipinski definition) is 3. The highest BCUT2D eigenvalue weighted by molar-refractivity contribution is 6.10. The Morgan fingerprint density at radius 2 is 2.03 bits per heavy atom. The van der Waals surface area contributed by atoms with Crippen LogP contribution in [0.5, 0.6) is 11.5 Å². The highest BCUT2D eigenvalue weighted by Crippen LogP contribution is 2.38. The molecule has 2 fully saturated rings. The van der Waals surface area contributed by atoms with Crippen LogP contribution >= 0.6 is 0 Å². The number of imide groups is 2. The molecular formula is C19H22N4O6. The van der Waals surface area contributed by atoms with Crippen molar-refractivity contribution >= 4 is 29.6 Å². The van der Waals surface area contributed by atoms with Crippen LogP contribution in [-0.2, 0) is 9.59 Å². The van der Waals surface area contributed by atoms with Gasteiger partial charge in [-0.15, -0.1) is 0 Å². The SMILES string of the molecule is CC1CCCCC12NC(=O)N(CC(=O)NC(=O)Nc1ccc3c(c1)OCO3)C2=O. The molecule has 2 atom stereocenters. The third-order valence-electron chi connectivity index (χ3n) is 5.69. The van der Waals surface area contributed by atoms with Crippen molar-refractivity contribution in [2.45, 2.75) is 38.1 Å². The smallest absolute Gasteiger partial charge is 0.325 e. The van der Waals surface area contributed by atoms with Gasteiger partial charge in [-0.05, 0) is 30.9 Å². The second-order valence-corrected chi connectivity index (χ2v) is 7.51. The molecule has 0 radical (unpaired) electrons. The first-order valence-corrected chi connectivity index (χ1v) is 9.53. The number of carbonyl (C=O) groups is 4. The standard InChI is InChI=1S/C19H22N4O6/c1-11-4-2-3-7-19(11)16(25)23(18(27)22-19)9-15(24)21-17(26)20-12-5-6-13-14(8-12)29-10-28-13/h5-6,8,11H,2-4,7,9-10H2,1H3,(H,22,27)(H2,20,21,24,26). The topological polar surface area (TPSA) is 126 Å². The Hall–Kier alpha value is -3.30. The van der Waals surface area contributed by atoms with E-state index < -0.39 is 36.0 Å². The van der Waals surface area contributed by atoms with Crippen molar-refractivity contribution in [1.29, 1.82) is 0 Å². The van der Waals surface area contributed by atoms with Crippen LogP contribution in [0.25, 0.3) is 0 Å². The third-order valence-corrected chi connectivity index (χ3v) is 5.69. The van der Waals surface area contributed by atoms with Crippen molar-refractivity contribution in [2.24, 2.45) is 5.92 Å². The van der Waals surface area contributed by atoms with E-state index in [1.165, 1.54) is 0 Å². The van der Waals surface area contributed by atoms with Crippen molar-refractivity contribution in [2.75, 3.05) is 18.7 Å². The molecule has 3 N–H and O–H groups in total. The minimum Gasteiger partial charge on any atom is -0.454 e. The van der Waals surface area contributed by atoms with E-state index in [9.17, 15) is 19.2 Å². The Morgan fingerprint density at radius 3 is 2.83 bits per heavy atom. The van der Waals surface area contributed by atoms with Crippen LogP contribution in [0.3, 0.4) is 0 Å². The van der Waals surface area contributed by atoms with Gasteiger partial charge in [-0.25, -0.2) is 9.59 Å². The summed E-state index contributed by atoms with van der Waals surface area (Å²) in [6, 6.07) is 3.43. The molecule has 10 heteroatoms. The zero-order chi connectivity index (χ0) is 20.6. The summed E-state index contributed by atoms with van der Waals surface area (Å²) in [5.74, 6) is -0.111. The molecule has 1 saturated heterocycles. The molecule has 0 bridgehead atoms. The minimum atomic E-state index is -0.940. The molecule has 0 aromatic heterocycles. The lowest BCUT2D eigenvalue weighted by Crippen LogP contribution is -2.54. The first-order chi connectivity index (χ1) is 13.9. The number of amides is 6. The predicted octanol–water partition coefficient (Wildman–Crippen LogP) is 1.56. The van der Waals surface area contributed by atoms with Crippen LogP contribution in [0.1, 0.15) is 32.6 Å². The first kappa shape index (κ1) is 19.0. The minimum absolute atomic E-state index is 0.00457. The number of fused-ring (bicyclic) bond motifs is 1. The second-order valence-electron chi connectivity index (χ2n) is 7.51. The number of rotatable bonds is 3. The van der Waals surface area contributed by atoms with Crippen LogP contribution in [-0.4, -0.2) is 47.7 Å². The van der Waals surface area contributed by atoms with E-state index in [2.05, 4.69) is 16.0 Å². The fourth-order valence-corrected chi connectivity index (χ4v) is 4.09. The van der Waals surface area contributed by atoms with Gasteiger partial charge in [0.05, 0.1) is 0 Å². The van der Waals surface area contributed by atoms with Gasteiger partial charge in [0.25, 0.3) is 5.91 Å². The number of urea groups is 2. The first-order valence-electron chi connectivity index (χ1n) is 9.53. The van der Waals surface area contributed by atoms with Gasteiger partial charge in [0.1, 0.15) is 12.1 Å². The maximum Gasteiger partial charge on any atom is 0.325 e. The number of ether oxygens (including phenoxy) is 2. The van der Waals surface area contributed by atoms with E-state index in [0.717, 1.165) is 24.2 Å². The fourth-order valence-electron chi connectivity index (χ4n) is 4.09. The molecule has 2 unspecified atom stereocenters. The molecule has 1 aromatic rings. The summed E-state index contributed by atoms with van der Waals surface area (Å²) in [7, 11) is 0. The van der Waals surface area contributed by atoms with Gasteiger partial charge >= 0.3 is 12.1 Å². The van der Waals surface area contributed by atoms with E-state index >= 15 is 0 Å². The molecular weight excluding hydrogens is 380 g/mol. The van der Waals surface area contributed by atoms with Crippen LogP contribution < -0.4 is 25.4 Å². The van der Waals surface area contributed by atoms with E-state index in [1.54, 1.807) is 18.2 Å². The predicted molar refractivity (Wildman–Crippen MR) is 100 cm³/mol. The van der Waals surface area contributed by atoms with Crippen molar-refractivity contribution in [3.63, 3.8) is 0 Å². The Kier molecular flexibility index (Phi) is 4.77. The Morgan fingerprint density at radius 1 is 1.24 bits per heavy atom. The molecule has 6 amide bonds. The van der Waals surface area contributed by atoms with Gasteiger partial charge in [-0.1, -0.05) is 19.8 Å². The van der Waals surface area contributed by atoms with Gasteiger partial charge in [0, 0.05) is 11.8 Å². The molecule has 1 spiro atoms. The van der Waals surface area contributed by atoms with Gasteiger partial charge in [0.15, 0.2) is 11.5 Å². The zero-order valence-corrected chi connectivity index (χ0v) is 15.9. The summed E-state index contributed by atoms with van der Waals surface area (Å²) in [5, 5.41) is 7.41. The lowest BCUT2D eigenvalue weighted by atomic mass is 9.73. The molecule has 154 valence electrons. The van der Waals surface area contributed by atoms with E-state index in [0.29, 0.717) is 23.6 Å². The lowest BCUT2D eigenvalue weighted by molar-refractivity contribution is -0.137.